The lowest BCUT2D eigenvalue weighted by Gasteiger charge is -2.22. The predicted molar refractivity (Wildman–Crippen MR) is 80.0 cm³/mol. The quantitative estimate of drug-likeness (QED) is 0.613. The first kappa shape index (κ1) is 16.8. The lowest BCUT2D eigenvalue weighted by Crippen LogP contribution is -2.31. The summed E-state index contributed by atoms with van der Waals surface area (Å²) in [7, 11) is 3.39. The molecule has 0 saturated heterocycles. The number of rotatable bonds is 11. The summed E-state index contributed by atoms with van der Waals surface area (Å²) >= 11 is 0. The van der Waals surface area contributed by atoms with Crippen LogP contribution in [0.2, 0.25) is 0 Å². The Hall–Kier alpha value is -1.24. The molecule has 0 fully saturated rings. The molecule has 0 amide bonds. The molecule has 0 radical (unpaired) electrons. The lowest BCUT2D eigenvalue weighted by molar-refractivity contribution is 0.190. The van der Waals surface area contributed by atoms with Crippen molar-refractivity contribution in [1.29, 1.82) is 0 Å². The predicted octanol–water partition coefficient (Wildman–Crippen LogP) is 1.08. The highest BCUT2D eigenvalue weighted by molar-refractivity contribution is 5.37. The molecule has 1 N–H and O–H groups in total. The number of methoxy groups -OCH3 is 2. The first-order chi connectivity index (χ1) is 9.81. The second-order valence-corrected chi connectivity index (χ2v) is 4.53. The van der Waals surface area contributed by atoms with Crippen molar-refractivity contribution < 1.29 is 9.47 Å². The van der Waals surface area contributed by atoms with Crippen molar-refractivity contribution in [1.82, 2.24) is 15.5 Å². The highest BCUT2D eigenvalue weighted by Crippen LogP contribution is 2.09. The molecule has 6 heteroatoms. The molecule has 0 aromatic carbocycles. The number of anilines is 1. The van der Waals surface area contributed by atoms with Crippen LogP contribution in [0.3, 0.4) is 0 Å². The molecule has 0 aliphatic rings. The van der Waals surface area contributed by atoms with E-state index in [1.54, 1.807) is 14.2 Å². The van der Waals surface area contributed by atoms with Crippen LogP contribution in [-0.2, 0) is 16.0 Å². The molecule has 1 aromatic rings. The summed E-state index contributed by atoms with van der Waals surface area (Å²) in [5.41, 5.74) is 0.959. The SMILES string of the molecule is CCCNCc1ccc(N(CCOC)CCOC)nn1. The molecular formula is C14H26N4O2. The van der Waals surface area contributed by atoms with Crippen LogP contribution in [0.15, 0.2) is 12.1 Å². The van der Waals surface area contributed by atoms with Gasteiger partial charge in [-0.3, -0.25) is 0 Å². The number of nitrogens with one attached hydrogen (secondary N) is 1. The largest absolute Gasteiger partial charge is 0.383 e. The Morgan fingerprint density at radius 2 is 1.80 bits per heavy atom. The van der Waals surface area contributed by atoms with Crippen molar-refractivity contribution in [3.8, 4) is 0 Å². The zero-order chi connectivity index (χ0) is 14.6. The maximum Gasteiger partial charge on any atom is 0.151 e. The third-order valence-corrected chi connectivity index (χ3v) is 2.89. The first-order valence-corrected chi connectivity index (χ1v) is 7.08. The maximum absolute atomic E-state index is 5.12. The summed E-state index contributed by atoms with van der Waals surface area (Å²) < 4.78 is 10.2. The van der Waals surface area contributed by atoms with Gasteiger partial charge in [0.25, 0.3) is 0 Å². The monoisotopic (exact) mass is 282 g/mol. The Morgan fingerprint density at radius 1 is 1.10 bits per heavy atom. The van der Waals surface area contributed by atoms with Crippen molar-refractivity contribution in [2.24, 2.45) is 0 Å². The van der Waals surface area contributed by atoms with Crippen LogP contribution >= 0.6 is 0 Å². The fraction of sp³-hybridized carbons (Fsp3) is 0.714. The molecular weight excluding hydrogens is 256 g/mol. The van der Waals surface area contributed by atoms with Crippen LogP contribution in [0.1, 0.15) is 19.0 Å². The standard InChI is InChI=1S/C14H26N4O2/c1-4-7-15-12-13-5-6-14(17-16-13)18(8-10-19-2)9-11-20-3/h5-6,15H,4,7-12H2,1-3H3. The Kier molecular flexibility index (Phi) is 8.86. The van der Waals surface area contributed by atoms with Crippen LogP contribution in [0.25, 0.3) is 0 Å². The summed E-state index contributed by atoms with van der Waals surface area (Å²) in [6.45, 7) is 6.78. The molecule has 0 aliphatic carbocycles. The van der Waals surface area contributed by atoms with Crippen LogP contribution < -0.4 is 10.2 Å². The van der Waals surface area contributed by atoms with Gasteiger partial charge in [-0.05, 0) is 25.1 Å². The molecule has 20 heavy (non-hydrogen) atoms. The fourth-order valence-corrected chi connectivity index (χ4v) is 1.75. The van der Waals surface area contributed by atoms with E-state index in [-0.39, 0.29) is 0 Å². The van der Waals surface area contributed by atoms with Gasteiger partial charge in [0.2, 0.25) is 0 Å². The molecule has 0 aliphatic heterocycles. The first-order valence-electron chi connectivity index (χ1n) is 7.08. The number of hydrogen-bond donors (Lipinski definition) is 1. The van der Waals surface area contributed by atoms with Gasteiger partial charge in [-0.15, -0.1) is 5.10 Å². The summed E-state index contributed by atoms with van der Waals surface area (Å²) in [6.07, 6.45) is 1.12. The van der Waals surface area contributed by atoms with E-state index in [2.05, 4.69) is 27.3 Å². The highest BCUT2D eigenvalue weighted by Gasteiger charge is 2.08. The summed E-state index contributed by atoms with van der Waals surface area (Å²) in [5.74, 6) is 0.860. The third kappa shape index (κ3) is 6.27. The van der Waals surface area contributed by atoms with E-state index in [1.807, 2.05) is 12.1 Å². The van der Waals surface area contributed by atoms with Crippen LogP contribution in [0.4, 0.5) is 5.82 Å². The van der Waals surface area contributed by atoms with Crippen LogP contribution in [-0.4, -0.2) is 57.3 Å². The van der Waals surface area contributed by atoms with E-state index in [0.717, 1.165) is 44.1 Å². The summed E-state index contributed by atoms with van der Waals surface area (Å²) in [4.78, 5) is 2.11. The second-order valence-electron chi connectivity index (χ2n) is 4.53. The van der Waals surface area contributed by atoms with Gasteiger partial charge in [0.1, 0.15) is 0 Å². The Labute approximate surface area is 121 Å². The van der Waals surface area contributed by atoms with Gasteiger partial charge in [-0.25, -0.2) is 0 Å². The topological polar surface area (TPSA) is 59.5 Å². The zero-order valence-electron chi connectivity index (χ0n) is 12.8. The number of hydrogen-bond acceptors (Lipinski definition) is 6. The normalized spacial score (nSPS) is 10.8. The average molecular weight is 282 g/mol. The average Bonchev–Trinajstić information content (AvgIpc) is 2.49. The minimum absolute atomic E-state index is 0.658. The number of aromatic nitrogens is 2. The maximum atomic E-state index is 5.12. The molecule has 114 valence electrons. The van der Waals surface area contributed by atoms with Crippen LogP contribution in [0, 0.1) is 0 Å². The molecule has 0 spiro atoms. The van der Waals surface area contributed by atoms with E-state index in [9.17, 15) is 0 Å². The van der Waals surface area contributed by atoms with Gasteiger partial charge >= 0.3 is 0 Å². The van der Waals surface area contributed by atoms with Crippen LogP contribution in [0.5, 0.6) is 0 Å². The van der Waals surface area contributed by atoms with Crippen molar-refractivity contribution in [3.63, 3.8) is 0 Å². The van der Waals surface area contributed by atoms with Crippen molar-refractivity contribution in [2.75, 3.05) is 52.0 Å². The zero-order valence-corrected chi connectivity index (χ0v) is 12.8. The lowest BCUT2D eigenvalue weighted by atomic mass is 10.3. The Balaban J connectivity index is 2.56. The van der Waals surface area contributed by atoms with E-state index < -0.39 is 0 Å². The smallest absolute Gasteiger partial charge is 0.151 e. The minimum Gasteiger partial charge on any atom is -0.383 e. The Bertz CT molecular complexity index is 338. The van der Waals surface area contributed by atoms with E-state index in [0.29, 0.717) is 13.2 Å². The fourth-order valence-electron chi connectivity index (χ4n) is 1.75. The van der Waals surface area contributed by atoms with Gasteiger partial charge < -0.3 is 19.7 Å². The summed E-state index contributed by atoms with van der Waals surface area (Å²) in [5, 5.41) is 11.9. The van der Waals surface area contributed by atoms with Crippen molar-refractivity contribution >= 4 is 5.82 Å². The molecule has 1 aromatic heterocycles. The van der Waals surface area contributed by atoms with Gasteiger partial charge in [0.05, 0.1) is 18.9 Å². The molecule has 1 heterocycles. The minimum atomic E-state index is 0.658. The molecule has 0 atom stereocenters. The number of ether oxygens (including phenoxy) is 2. The van der Waals surface area contributed by atoms with E-state index in [4.69, 9.17) is 9.47 Å². The Morgan fingerprint density at radius 3 is 2.30 bits per heavy atom. The van der Waals surface area contributed by atoms with Gasteiger partial charge in [0, 0.05) is 33.9 Å². The van der Waals surface area contributed by atoms with Crippen molar-refractivity contribution in [3.05, 3.63) is 17.8 Å². The van der Waals surface area contributed by atoms with Crippen molar-refractivity contribution in [2.45, 2.75) is 19.9 Å². The highest BCUT2D eigenvalue weighted by atomic mass is 16.5. The molecule has 6 nitrogen and oxygen atoms in total. The molecule has 0 bridgehead atoms. The molecule has 1 rings (SSSR count). The number of nitrogens with zero attached hydrogens (tertiary/aromatic N) is 3. The van der Waals surface area contributed by atoms with Gasteiger partial charge in [-0.2, -0.15) is 5.10 Å². The van der Waals surface area contributed by atoms with Gasteiger partial charge in [-0.1, -0.05) is 6.92 Å². The van der Waals surface area contributed by atoms with E-state index in [1.165, 1.54) is 0 Å². The molecule has 0 unspecified atom stereocenters. The summed E-state index contributed by atoms with van der Waals surface area (Å²) in [6, 6.07) is 4.01. The molecule has 0 saturated carbocycles. The third-order valence-electron chi connectivity index (χ3n) is 2.89. The van der Waals surface area contributed by atoms with E-state index >= 15 is 0 Å². The van der Waals surface area contributed by atoms with Gasteiger partial charge in [0.15, 0.2) is 5.82 Å². The second kappa shape index (κ2) is 10.5.